The van der Waals surface area contributed by atoms with Crippen molar-refractivity contribution < 1.29 is 14.4 Å². The van der Waals surface area contributed by atoms with Crippen LogP contribution < -0.4 is 10.2 Å². The van der Waals surface area contributed by atoms with E-state index >= 15 is 0 Å². The maximum Gasteiger partial charge on any atom is 0.263 e. The lowest BCUT2D eigenvalue weighted by atomic mass is 10.1. The van der Waals surface area contributed by atoms with Crippen LogP contribution in [-0.4, -0.2) is 41.4 Å². The highest BCUT2D eigenvalue weighted by atomic mass is 16.2. The van der Waals surface area contributed by atoms with Gasteiger partial charge in [-0.05, 0) is 49.2 Å². The topological polar surface area (TPSA) is 94.4 Å². The number of nitrogens with zero attached hydrogens (tertiary/aromatic N) is 4. The molecule has 2 aliphatic rings. The fourth-order valence-electron chi connectivity index (χ4n) is 3.34. The van der Waals surface area contributed by atoms with Crippen LogP contribution in [0.4, 0.5) is 11.4 Å². The summed E-state index contributed by atoms with van der Waals surface area (Å²) in [6.07, 6.45) is 0. The Balaban J connectivity index is 1.51. The van der Waals surface area contributed by atoms with Gasteiger partial charge in [-0.1, -0.05) is 29.5 Å². The van der Waals surface area contributed by atoms with Gasteiger partial charge in [0.1, 0.15) is 6.54 Å². The van der Waals surface area contributed by atoms with Crippen LogP contribution in [0.2, 0.25) is 0 Å². The second-order valence-electron chi connectivity index (χ2n) is 6.89. The third-order valence-electron chi connectivity index (χ3n) is 4.97. The van der Waals surface area contributed by atoms with Gasteiger partial charge in [-0.3, -0.25) is 19.4 Å². The second-order valence-corrected chi connectivity index (χ2v) is 6.89. The molecule has 1 fully saturated rings. The lowest BCUT2D eigenvalue weighted by Crippen LogP contribution is -2.43. The van der Waals surface area contributed by atoms with Gasteiger partial charge < -0.3 is 5.32 Å². The molecule has 0 radical (unpaired) electrons. The summed E-state index contributed by atoms with van der Waals surface area (Å²) in [7, 11) is 0. The molecule has 2 heterocycles. The molecule has 8 heteroatoms. The molecule has 2 aromatic carbocycles. The van der Waals surface area contributed by atoms with Gasteiger partial charge in [0.2, 0.25) is 5.91 Å². The maximum absolute atomic E-state index is 13.0. The number of nitrogens with one attached hydrogen (secondary N) is 1. The average molecular weight is 377 g/mol. The molecule has 2 atom stereocenters. The number of benzene rings is 2. The molecule has 2 aromatic rings. The fraction of sp³-hybridized carbons (Fsp3) is 0.250. The zero-order valence-electron chi connectivity index (χ0n) is 15.5. The highest BCUT2D eigenvalue weighted by molar-refractivity contribution is 6.25. The molecule has 1 N–H and O–H groups in total. The van der Waals surface area contributed by atoms with Crippen molar-refractivity contribution in [3.8, 4) is 0 Å². The SMILES string of the molecule is Cc1ccc(N2C(=O)C3N=NN(CC(=O)Nc4ccccc4)C3C2=O)cc1C. The summed E-state index contributed by atoms with van der Waals surface area (Å²) in [5.74, 6) is -1.18. The largest absolute Gasteiger partial charge is 0.324 e. The van der Waals surface area contributed by atoms with Crippen LogP contribution in [0.15, 0.2) is 58.9 Å². The first kappa shape index (κ1) is 17.8. The molecule has 3 amide bonds. The first-order valence-corrected chi connectivity index (χ1v) is 8.93. The minimum absolute atomic E-state index is 0.167. The van der Waals surface area contributed by atoms with E-state index in [4.69, 9.17) is 0 Å². The quantitative estimate of drug-likeness (QED) is 0.827. The number of rotatable bonds is 4. The number of carbonyl (C=O) groups is 3. The molecule has 8 nitrogen and oxygen atoms in total. The minimum atomic E-state index is -0.918. The van der Waals surface area contributed by atoms with E-state index < -0.39 is 23.9 Å². The van der Waals surface area contributed by atoms with Crippen LogP contribution in [-0.2, 0) is 14.4 Å². The van der Waals surface area contributed by atoms with Crippen LogP contribution in [0.25, 0.3) is 0 Å². The van der Waals surface area contributed by atoms with Gasteiger partial charge in [-0.2, -0.15) is 5.11 Å². The van der Waals surface area contributed by atoms with Crippen molar-refractivity contribution >= 4 is 29.1 Å². The van der Waals surface area contributed by atoms with Crippen molar-refractivity contribution in [1.82, 2.24) is 5.01 Å². The number of fused-ring (bicyclic) bond motifs is 1. The molecule has 0 saturated carbocycles. The molecule has 0 bridgehead atoms. The predicted molar refractivity (Wildman–Crippen MR) is 103 cm³/mol. The number of hydrogen-bond donors (Lipinski definition) is 1. The Labute approximate surface area is 161 Å². The summed E-state index contributed by atoms with van der Waals surface area (Å²) in [6.45, 7) is 3.72. The number of hydrogen-bond acceptors (Lipinski definition) is 6. The summed E-state index contributed by atoms with van der Waals surface area (Å²) < 4.78 is 0. The predicted octanol–water partition coefficient (Wildman–Crippen LogP) is 2.24. The summed E-state index contributed by atoms with van der Waals surface area (Å²) >= 11 is 0. The standard InChI is InChI=1S/C20H19N5O3/c1-12-8-9-15(10-13(12)2)25-19(27)17-18(20(25)28)24(23-22-17)11-16(26)21-14-6-4-3-5-7-14/h3-10,17-18H,11H2,1-2H3,(H,21,26). The monoisotopic (exact) mass is 377 g/mol. The summed E-state index contributed by atoms with van der Waals surface area (Å²) in [4.78, 5) is 39.2. The summed E-state index contributed by atoms with van der Waals surface area (Å²) in [5, 5.41) is 11.9. The van der Waals surface area contributed by atoms with Crippen molar-refractivity contribution in [2.24, 2.45) is 10.3 Å². The van der Waals surface area contributed by atoms with Gasteiger partial charge >= 0.3 is 0 Å². The number of anilines is 2. The maximum atomic E-state index is 13.0. The van der Waals surface area contributed by atoms with E-state index in [1.165, 1.54) is 5.01 Å². The molecule has 0 aromatic heterocycles. The van der Waals surface area contributed by atoms with Crippen molar-refractivity contribution in [1.29, 1.82) is 0 Å². The number of imide groups is 1. The first-order chi connectivity index (χ1) is 13.5. The van der Waals surface area contributed by atoms with Crippen LogP contribution in [0.3, 0.4) is 0 Å². The Hall–Kier alpha value is -3.55. The van der Waals surface area contributed by atoms with Gasteiger partial charge in [-0.15, -0.1) is 0 Å². The van der Waals surface area contributed by atoms with E-state index in [0.717, 1.165) is 16.0 Å². The van der Waals surface area contributed by atoms with Crippen LogP contribution >= 0.6 is 0 Å². The normalized spacial score (nSPS) is 20.6. The van der Waals surface area contributed by atoms with Gasteiger partial charge in [0.05, 0.1) is 5.69 Å². The van der Waals surface area contributed by atoms with Crippen molar-refractivity contribution in [2.45, 2.75) is 25.9 Å². The van der Waals surface area contributed by atoms with E-state index in [1.54, 1.807) is 24.3 Å². The lowest BCUT2D eigenvalue weighted by Gasteiger charge is -2.20. The number of carbonyl (C=O) groups excluding carboxylic acids is 3. The van der Waals surface area contributed by atoms with E-state index in [0.29, 0.717) is 11.4 Å². The first-order valence-electron chi connectivity index (χ1n) is 8.93. The van der Waals surface area contributed by atoms with Crippen molar-refractivity contribution in [2.75, 3.05) is 16.8 Å². The van der Waals surface area contributed by atoms with Gasteiger partial charge in [0.25, 0.3) is 11.8 Å². The van der Waals surface area contributed by atoms with E-state index in [9.17, 15) is 14.4 Å². The molecule has 0 aliphatic carbocycles. The number of amides is 3. The zero-order chi connectivity index (χ0) is 19.8. The van der Waals surface area contributed by atoms with E-state index in [1.807, 2.05) is 38.1 Å². The molecule has 2 aliphatic heterocycles. The van der Waals surface area contributed by atoms with Crippen LogP contribution in [0, 0.1) is 13.8 Å². The van der Waals surface area contributed by atoms with Crippen LogP contribution in [0.1, 0.15) is 11.1 Å². The molecule has 2 unspecified atom stereocenters. The van der Waals surface area contributed by atoms with Crippen LogP contribution in [0.5, 0.6) is 0 Å². The highest BCUT2D eigenvalue weighted by Crippen LogP contribution is 2.32. The molecule has 28 heavy (non-hydrogen) atoms. The molecular formula is C20H19N5O3. The van der Waals surface area contributed by atoms with Crippen molar-refractivity contribution in [3.63, 3.8) is 0 Å². The third kappa shape index (κ3) is 3.02. The number of aryl methyl sites for hydroxylation is 2. The van der Waals surface area contributed by atoms with Gasteiger partial charge in [0, 0.05) is 5.69 Å². The number of para-hydroxylation sites is 1. The molecule has 4 rings (SSSR count). The molecular weight excluding hydrogens is 358 g/mol. The van der Waals surface area contributed by atoms with Gasteiger partial charge in [0.15, 0.2) is 12.1 Å². The van der Waals surface area contributed by atoms with Gasteiger partial charge in [-0.25, -0.2) is 4.90 Å². The molecule has 142 valence electrons. The Morgan fingerprint density at radius 2 is 1.79 bits per heavy atom. The third-order valence-corrected chi connectivity index (χ3v) is 4.97. The van der Waals surface area contributed by atoms with Crippen molar-refractivity contribution in [3.05, 3.63) is 59.7 Å². The summed E-state index contributed by atoms with van der Waals surface area (Å²) in [5.41, 5.74) is 3.21. The van der Waals surface area contributed by atoms with E-state index in [-0.39, 0.29) is 12.5 Å². The fourth-order valence-corrected chi connectivity index (χ4v) is 3.34. The zero-order valence-corrected chi connectivity index (χ0v) is 15.5. The lowest BCUT2D eigenvalue weighted by molar-refractivity contribution is -0.123. The Morgan fingerprint density at radius 3 is 2.50 bits per heavy atom. The Bertz CT molecular complexity index is 989. The minimum Gasteiger partial charge on any atom is -0.324 e. The summed E-state index contributed by atoms with van der Waals surface area (Å²) in [6, 6.07) is 12.6. The molecule has 0 spiro atoms. The smallest absolute Gasteiger partial charge is 0.263 e. The van der Waals surface area contributed by atoms with E-state index in [2.05, 4.69) is 15.7 Å². The Morgan fingerprint density at radius 1 is 1.04 bits per heavy atom. The second kappa shape index (κ2) is 6.88. The molecule has 1 saturated heterocycles. The highest BCUT2D eigenvalue weighted by Gasteiger charge is 2.55. The average Bonchev–Trinajstić information content (AvgIpc) is 3.18. The Kier molecular flexibility index (Phi) is 4.38.